The number of hydrogen-bond donors (Lipinski definition) is 1. The summed E-state index contributed by atoms with van der Waals surface area (Å²) in [5, 5.41) is 3.68. The second kappa shape index (κ2) is 7.70. The topological polar surface area (TPSA) is 68.3 Å². The highest BCUT2D eigenvalue weighted by atomic mass is 32.1. The number of ether oxygens (including phenoxy) is 1. The minimum Gasteiger partial charge on any atom is -0.466 e. The molecule has 2 rings (SSSR count). The van der Waals surface area contributed by atoms with Crippen LogP contribution in [0.4, 0.5) is 5.69 Å². The van der Waals surface area contributed by atoms with E-state index in [1.165, 1.54) is 11.3 Å². The van der Waals surface area contributed by atoms with E-state index in [0.29, 0.717) is 24.3 Å². The Morgan fingerprint density at radius 1 is 1.27 bits per heavy atom. The standard InChI is InChI=1S/C16H18N2O3S/c1-3-21-15(19)9-6-12-4-7-13(8-5-12)18-16(20)14-10-17-11(2)22-14/h4-5,7-8,10H,3,6,9H2,1-2H3,(H,18,20). The molecule has 0 aliphatic heterocycles. The summed E-state index contributed by atoms with van der Waals surface area (Å²) in [6.07, 6.45) is 2.56. The SMILES string of the molecule is CCOC(=O)CCc1ccc(NC(=O)c2cnc(C)s2)cc1. The van der Waals surface area contributed by atoms with E-state index in [9.17, 15) is 9.59 Å². The van der Waals surface area contributed by atoms with Crippen LogP contribution < -0.4 is 5.32 Å². The summed E-state index contributed by atoms with van der Waals surface area (Å²) in [4.78, 5) is 28.0. The van der Waals surface area contributed by atoms with Gasteiger partial charge >= 0.3 is 5.97 Å². The number of carbonyl (C=O) groups excluding carboxylic acids is 2. The number of hydrogen-bond acceptors (Lipinski definition) is 5. The fourth-order valence-electron chi connectivity index (χ4n) is 1.89. The summed E-state index contributed by atoms with van der Waals surface area (Å²) in [7, 11) is 0. The maximum Gasteiger partial charge on any atom is 0.306 e. The molecule has 22 heavy (non-hydrogen) atoms. The van der Waals surface area contributed by atoms with Gasteiger partial charge in [-0.25, -0.2) is 4.98 Å². The number of nitrogens with zero attached hydrogens (tertiary/aromatic N) is 1. The minimum atomic E-state index is -0.194. The molecule has 0 fully saturated rings. The second-order valence-corrected chi connectivity index (χ2v) is 5.93. The van der Waals surface area contributed by atoms with Gasteiger partial charge in [-0.2, -0.15) is 0 Å². The zero-order valence-electron chi connectivity index (χ0n) is 12.6. The summed E-state index contributed by atoms with van der Waals surface area (Å²) in [5.41, 5.74) is 1.75. The van der Waals surface area contributed by atoms with Crippen molar-refractivity contribution < 1.29 is 14.3 Å². The van der Waals surface area contributed by atoms with Crippen LogP contribution in [0, 0.1) is 6.92 Å². The number of rotatable bonds is 6. The van der Waals surface area contributed by atoms with E-state index < -0.39 is 0 Å². The molecule has 1 N–H and O–H groups in total. The van der Waals surface area contributed by atoms with E-state index in [1.54, 1.807) is 13.1 Å². The normalized spacial score (nSPS) is 10.3. The molecule has 0 unspecified atom stereocenters. The Hall–Kier alpha value is -2.21. The molecule has 1 aromatic carbocycles. The Morgan fingerprint density at radius 2 is 2.00 bits per heavy atom. The first kappa shape index (κ1) is 16.2. The van der Waals surface area contributed by atoms with Gasteiger partial charge in [-0.15, -0.1) is 11.3 Å². The summed E-state index contributed by atoms with van der Waals surface area (Å²) in [6.45, 7) is 4.06. The fourth-order valence-corrected chi connectivity index (χ4v) is 2.57. The van der Waals surface area contributed by atoms with Crippen molar-refractivity contribution in [2.75, 3.05) is 11.9 Å². The first-order valence-electron chi connectivity index (χ1n) is 7.07. The molecular formula is C16H18N2O3S. The van der Waals surface area contributed by atoms with Crippen LogP contribution in [0.5, 0.6) is 0 Å². The van der Waals surface area contributed by atoms with E-state index >= 15 is 0 Å². The van der Waals surface area contributed by atoms with Crippen LogP contribution in [0.3, 0.4) is 0 Å². The Morgan fingerprint density at radius 3 is 2.59 bits per heavy atom. The largest absolute Gasteiger partial charge is 0.466 e. The monoisotopic (exact) mass is 318 g/mol. The quantitative estimate of drug-likeness (QED) is 0.831. The van der Waals surface area contributed by atoms with Crippen LogP contribution in [0.15, 0.2) is 30.5 Å². The van der Waals surface area contributed by atoms with Crippen molar-refractivity contribution in [1.29, 1.82) is 0 Å². The maximum atomic E-state index is 12.0. The number of aryl methyl sites for hydroxylation is 2. The van der Waals surface area contributed by atoms with Crippen molar-refractivity contribution in [3.05, 3.63) is 45.9 Å². The van der Waals surface area contributed by atoms with E-state index in [1.807, 2.05) is 31.2 Å². The van der Waals surface area contributed by atoms with Gasteiger partial charge in [0, 0.05) is 12.1 Å². The van der Waals surface area contributed by atoms with E-state index in [2.05, 4.69) is 10.3 Å². The molecular weight excluding hydrogens is 300 g/mol. The summed E-state index contributed by atoms with van der Waals surface area (Å²) in [6, 6.07) is 7.44. The number of amides is 1. The van der Waals surface area contributed by atoms with Crippen LogP contribution >= 0.6 is 11.3 Å². The van der Waals surface area contributed by atoms with Crippen LogP contribution in [-0.4, -0.2) is 23.5 Å². The van der Waals surface area contributed by atoms with Crippen molar-refractivity contribution in [3.63, 3.8) is 0 Å². The number of thiazole rings is 1. The Bertz CT molecular complexity index is 650. The molecule has 0 radical (unpaired) electrons. The van der Waals surface area contributed by atoms with Crippen LogP contribution in [0.2, 0.25) is 0 Å². The summed E-state index contributed by atoms with van der Waals surface area (Å²) >= 11 is 1.36. The molecule has 1 heterocycles. The molecule has 1 aromatic heterocycles. The molecule has 6 heteroatoms. The maximum absolute atomic E-state index is 12.0. The lowest BCUT2D eigenvalue weighted by Gasteiger charge is -2.05. The predicted octanol–water partition coefficient (Wildman–Crippen LogP) is 3.20. The highest BCUT2D eigenvalue weighted by Gasteiger charge is 2.09. The second-order valence-electron chi connectivity index (χ2n) is 4.70. The van der Waals surface area contributed by atoms with Gasteiger partial charge in [0.25, 0.3) is 5.91 Å². The Labute approximate surface area is 133 Å². The van der Waals surface area contributed by atoms with Gasteiger partial charge in [-0.05, 0) is 38.0 Å². The van der Waals surface area contributed by atoms with Crippen molar-refractivity contribution in [2.45, 2.75) is 26.7 Å². The number of carbonyl (C=O) groups is 2. The first-order chi connectivity index (χ1) is 10.6. The fraction of sp³-hybridized carbons (Fsp3) is 0.312. The molecule has 116 valence electrons. The first-order valence-corrected chi connectivity index (χ1v) is 7.88. The lowest BCUT2D eigenvalue weighted by atomic mass is 10.1. The number of nitrogens with one attached hydrogen (secondary N) is 1. The lowest BCUT2D eigenvalue weighted by molar-refractivity contribution is -0.143. The molecule has 0 aliphatic rings. The summed E-state index contributed by atoms with van der Waals surface area (Å²) in [5.74, 6) is -0.356. The average Bonchev–Trinajstić information content (AvgIpc) is 2.93. The van der Waals surface area contributed by atoms with Gasteiger partial charge in [-0.3, -0.25) is 9.59 Å². The highest BCUT2D eigenvalue weighted by Crippen LogP contribution is 2.16. The molecule has 0 spiro atoms. The zero-order chi connectivity index (χ0) is 15.9. The van der Waals surface area contributed by atoms with Crippen LogP contribution in [-0.2, 0) is 16.0 Å². The number of aromatic nitrogens is 1. The van der Waals surface area contributed by atoms with Crippen molar-refractivity contribution in [2.24, 2.45) is 0 Å². The third-order valence-electron chi connectivity index (χ3n) is 2.98. The van der Waals surface area contributed by atoms with Crippen molar-refractivity contribution in [3.8, 4) is 0 Å². The van der Waals surface area contributed by atoms with Crippen molar-refractivity contribution >= 4 is 28.9 Å². The number of benzene rings is 1. The molecule has 0 aliphatic carbocycles. The van der Waals surface area contributed by atoms with Gasteiger partial charge in [0.1, 0.15) is 4.88 Å². The molecule has 0 saturated carbocycles. The van der Waals surface area contributed by atoms with E-state index in [-0.39, 0.29) is 11.9 Å². The van der Waals surface area contributed by atoms with Gasteiger partial charge in [-0.1, -0.05) is 12.1 Å². The van der Waals surface area contributed by atoms with Crippen LogP contribution in [0.1, 0.15) is 33.6 Å². The third kappa shape index (κ3) is 4.66. The predicted molar refractivity (Wildman–Crippen MR) is 86.2 cm³/mol. The Balaban J connectivity index is 1.89. The van der Waals surface area contributed by atoms with E-state index in [0.717, 1.165) is 16.3 Å². The molecule has 0 bridgehead atoms. The van der Waals surface area contributed by atoms with Crippen molar-refractivity contribution in [1.82, 2.24) is 4.98 Å². The Kier molecular flexibility index (Phi) is 5.66. The third-order valence-corrected chi connectivity index (χ3v) is 3.89. The average molecular weight is 318 g/mol. The molecule has 1 amide bonds. The smallest absolute Gasteiger partial charge is 0.306 e. The molecule has 0 atom stereocenters. The molecule has 5 nitrogen and oxygen atoms in total. The van der Waals surface area contributed by atoms with Gasteiger partial charge in [0.05, 0.1) is 17.8 Å². The van der Waals surface area contributed by atoms with Gasteiger partial charge in [0.15, 0.2) is 0 Å². The zero-order valence-corrected chi connectivity index (χ0v) is 13.4. The number of esters is 1. The molecule has 2 aromatic rings. The van der Waals surface area contributed by atoms with Gasteiger partial charge in [0.2, 0.25) is 0 Å². The molecule has 0 saturated heterocycles. The van der Waals surface area contributed by atoms with E-state index in [4.69, 9.17) is 4.74 Å². The highest BCUT2D eigenvalue weighted by molar-refractivity contribution is 7.13. The van der Waals surface area contributed by atoms with Gasteiger partial charge < -0.3 is 10.1 Å². The summed E-state index contributed by atoms with van der Waals surface area (Å²) < 4.78 is 4.89. The minimum absolute atomic E-state index is 0.162. The lowest BCUT2D eigenvalue weighted by Crippen LogP contribution is -2.10. The number of anilines is 1. The van der Waals surface area contributed by atoms with Crippen LogP contribution in [0.25, 0.3) is 0 Å².